The van der Waals surface area contributed by atoms with Crippen LogP contribution in [-0.4, -0.2) is 57.4 Å². The van der Waals surface area contributed by atoms with Crippen LogP contribution in [0.2, 0.25) is 0 Å². The zero-order valence-electron chi connectivity index (χ0n) is 22.2. The summed E-state index contributed by atoms with van der Waals surface area (Å²) >= 11 is 0. The van der Waals surface area contributed by atoms with Gasteiger partial charge in [0.15, 0.2) is 6.61 Å². The van der Waals surface area contributed by atoms with Crippen molar-refractivity contribution < 1.29 is 23.5 Å². The lowest BCUT2D eigenvalue weighted by Crippen LogP contribution is -2.39. The highest BCUT2D eigenvalue weighted by Gasteiger charge is 2.39. The summed E-state index contributed by atoms with van der Waals surface area (Å²) in [7, 11) is 0. The van der Waals surface area contributed by atoms with Gasteiger partial charge in [0, 0.05) is 24.0 Å². The van der Waals surface area contributed by atoms with E-state index in [9.17, 15) is 14.0 Å². The molecule has 11 nitrogen and oxygen atoms in total. The molecule has 3 aromatic heterocycles. The van der Waals surface area contributed by atoms with E-state index >= 15 is 0 Å². The number of terminal acetylenes is 1. The molecule has 0 saturated carbocycles. The van der Waals surface area contributed by atoms with E-state index in [-0.39, 0.29) is 42.7 Å². The van der Waals surface area contributed by atoms with Gasteiger partial charge in [-0.25, -0.2) is 14.2 Å². The summed E-state index contributed by atoms with van der Waals surface area (Å²) in [4.78, 5) is 42.7. The summed E-state index contributed by atoms with van der Waals surface area (Å²) in [5.41, 5.74) is 3.09. The number of alkyl halides is 1. The average molecular weight is 546 g/mol. The summed E-state index contributed by atoms with van der Waals surface area (Å²) in [5, 5.41) is 5.81. The van der Waals surface area contributed by atoms with Crippen molar-refractivity contribution >= 4 is 29.6 Å². The molecule has 1 aliphatic rings. The van der Waals surface area contributed by atoms with E-state index in [0.29, 0.717) is 11.3 Å². The van der Waals surface area contributed by atoms with E-state index in [1.54, 1.807) is 18.3 Å². The molecule has 0 unspecified atom stereocenters. The van der Waals surface area contributed by atoms with Crippen molar-refractivity contribution in [2.45, 2.75) is 39.0 Å². The molecule has 12 heteroatoms. The Bertz CT molecular complexity index is 1470. The third-order valence-corrected chi connectivity index (χ3v) is 6.10. The van der Waals surface area contributed by atoms with Crippen LogP contribution in [0.15, 0.2) is 49.3 Å². The number of nitrogens with zero attached hydrogens (tertiary/aromatic N) is 5. The Morgan fingerprint density at radius 3 is 2.85 bits per heavy atom. The van der Waals surface area contributed by atoms with E-state index in [0.717, 1.165) is 17.2 Å². The van der Waals surface area contributed by atoms with Crippen LogP contribution < -0.4 is 20.3 Å². The molecule has 0 aliphatic carbocycles. The van der Waals surface area contributed by atoms with Gasteiger partial charge in [0.1, 0.15) is 30.5 Å². The molecule has 40 heavy (non-hydrogen) atoms. The Morgan fingerprint density at radius 2 is 2.15 bits per heavy atom. The predicted molar refractivity (Wildman–Crippen MR) is 148 cm³/mol. The van der Waals surface area contributed by atoms with Gasteiger partial charge in [-0.15, -0.1) is 6.42 Å². The van der Waals surface area contributed by atoms with Gasteiger partial charge in [0.05, 0.1) is 11.7 Å². The minimum atomic E-state index is -1.29. The van der Waals surface area contributed by atoms with Gasteiger partial charge in [0.2, 0.25) is 17.7 Å². The van der Waals surface area contributed by atoms with Crippen molar-refractivity contribution in [3.63, 3.8) is 0 Å². The van der Waals surface area contributed by atoms with Crippen molar-refractivity contribution in [2.75, 3.05) is 28.7 Å². The minimum absolute atomic E-state index is 0.0142. The first-order valence-corrected chi connectivity index (χ1v) is 12.4. The third kappa shape index (κ3) is 6.32. The van der Waals surface area contributed by atoms with Crippen molar-refractivity contribution in [1.82, 2.24) is 19.9 Å². The maximum Gasteiger partial charge on any atom is 0.416 e. The van der Waals surface area contributed by atoms with E-state index < -0.39 is 24.2 Å². The molecule has 1 saturated heterocycles. The first-order valence-electron chi connectivity index (χ1n) is 12.4. The molecule has 2 N–H and O–H groups in total. The molecule has 1 fully saturated rings. The number of aromatic nitrogens is 4. The Hall–Kier alpha value is -5.05. The van der Waals surface area contributed by atoms with Gasteiger partial charge < -0.3 is 20.1 Å². The molecule has 0 aromatic carbocycles. The highest BCUT2D eigenvalue weighted by atomic mass is 19.1. The molecular weight excluding hydrogens is 517 g/mol. The number of carbonyl (C=O) groups excluding carboxylic acids is 2. The lowest BCUT2D eigenvalue weighted by atomic mass is 10.0. The topological polar surface area (TPSA) is 131 Å². The number of amides is 2. The second-order valence-electron chi connectivity index (χ2n) is 8.99. The van der Waals surface area contributed by atoms with Crippen LogP contribution >= 0.6 is 0 Å². The van der Waals surface area contributed by atoms with Crippen molar-refractivity contribution in [2.24, 2.45) is 0 Å². The number of pyridine rings is 2. The molecule has 4 heterocycles. The summed E-state index contributed by atoms with van der Waals surface area (Å²) in [6.07, 6.45) is 7.68. The van der Waals surface area contributed by atoms with Crippen LogP contribution in [0.4, 0.5) is 26.8 Å². The smallest absolute Gasteiger partial charge is 0.416 e. The van der Waals surface area contributed by atoms with Gasteiger partial charge in [0.25, 0.3) is 0 Å². The lowest BCUT2D eigenvalue weighted by Gasteiger charge is -2.22. The van der Waals surface area contributed by atoms with Crippen molar-refractivity contribution in [3.8, 4) is 29.4 Å². The monoisotopic (exact) mass is 545 g/mol. The van der Waals surface area contributed by atoms with E-state index in [1.807, 2.05) is 19.9 Å². The fourth-order valence-electron chi connectivity index (χ4n) is 4.07. The molecule has 4 rings (SSSR count). The number of aryl methyl sites for hydroxylation is 1. The van der Waals surface area contributed by atoms with Crippen LogP contribution in [0.3, 0.4) is 0 Å². The molecular formula is C28H28FN7O4. The molecule has 3 atom stereocenters. The van der Waals surface area contributed by atoms with E-state index in [4.69, 9.17) is 15.9 Å². The number of hydrogen-bond donors (Lipinski definition) is 2. The summed E-state index contributed by atoms with van der Waals surface area (Å²) in [6.45, 7) is 8.60. The third-order valence-electron chi connectivity index (χ3n) is 6.10. The summed E-state index contributed by atoms with van der Waals surface area (Å²) < 4.78 is 24.5. The molecule has 0 spiro atoms. The first-order chi connectivity index (χ1) is 19.2. The number of hydrogen-bond acceptors (Lipinski definition) is 9. The van der Waals surface area contributed by atoms with Gasteiger partial charge in [-0.3, -0.25) is 14.7 Å². The van der Waals surface area contributed by atoms with Crippen molar-refractivity contribution in [1.29, 1.82) is 0 Å². The minimum Gasteiger partial charge on any atom is -0.464 e. The van der Waals surface area contributed by atoms with Crippen LogP contribution in [0.1, 0.15) is 31.1 Å². The zero-order chi connectivity index (χ0) is 28.8. The van der Waals surface area contributed by atoms with Crippen LogP contribution in [-0.2, 0) is 9.53 Å². The maximum absolute atomic E-state index is 14.0. The number of cyclic esters (lactones) is 1. The molecule has 0 bridgehead atoms. The normalized spacial score (nSPS) is 15.9. The van der Waals surface area contributed by atoms with E-state index in [1.165, 1.54) is 24.1 Å². The van der Waals surface area contributed by atoms with Gasteiger partial charge in [-0.05, 0) is 56.2 Å². The second kappa shape index (κ2) is 12.2. The summed E-state index contributed by atoms with van der Waals surface area (Å²) in [6, 6.07) is 5.75. The highest BCUT2D eigenvalue weighted by Crippen LogP contribution is 2.30. The van der Waals surface area contributed by atoms with E-state index in [2.05, 4.69) is 43.1 Å². The number of carbonyl (C=O) groups is 2. The summed E-state index contributed by atoms with van der Waals surface area (Å²) in [5.74, 6) is 2.97. The average Bonchev–Trinajstić information content (AvgIpc) is 3.33. The van der Waals surface area contributed by atoms with Crippen LogP contribution in [0.5, 0.6) is 5.88 Å². The predicted octanol–water partition coefficient (Wildman–Crippen LogP) is 4.23. The quantitative estimate of drug-likeness (QED) is 0.284. The van der Waals surface area contributed by atoms with Crippen LogP contribution in [0.25, 0.3) is 11.1 Å². The van der Waals surface area contributed by atoms with Crippen LogP contribution in [0, 0.1) is 19.3 Å². The lowest BCUT2D eigenvalue weighted by molar-refractivity contribution is -0.111. The number of nitrogens with one attached hydrogen (secondary N) is 2. The largest absolute Gasteiger partial charge is 0.464 e. The molecule has 2 amide bonds. The zero-order valence-corrected chi connectivity index (χ0v) is 22.2. The Morgan fingerprint density at radius 1 is 1.35 bits per heavy atom. The number of anilines is 3. The van der Waals surface area contributed by atoms with Crippen molar-refractivity contribution in [3.05, 3.63) is 60.6 Å². The van der Waals surface area contributed by atoms with Gasteiger partial charge in [-0.2, -0.15) is 9.97 Å². The Balaban J connectivity index is 1.56. The molecule has 0 radical (unpaired) electrons. The standard InChI is InChI=1S/C28H28FN7O4/c1-6-10-39-26-13-19(12-23(34-26)33-25(37)7-2)20-14-31-21(11-16(20)3)18(5)32-27-30-9-8-24(35-27)36-22(17(4)29)15-40-28(36)38/h1,7-9,11-14,17-18,22H,2,10,15H2,3-5H3,(H,30,32,35)(H,33,34,37)/t17-,18-,22+/m0/s1. The highest BCUT2D eigenvalue weighted by molar-refractivity contribution is 5.98. The molecule has 1 aliphatic heterocycles. The fraction of sp³-hybridized carbons (Fsp3) is 0.286. The molecule has 206 valence electrons. The number of ether oxygens (including phenoxy) is 2. The fourth-order valence-corrected chi connectivity index (χ4v) is 4.07. The first kappa shape index (κ1) is 28.0. The molecule has 3 aromatic rings. The second-order valence-corrected chi connectivity index (χ2v) is 8.99. The Labute approximate surface area is 230 Å². The maximum atomic E-state index is 14.0. The van der Waals surface area contributed by atoms with Gasteiger partial charge >= 0.3 is 6.09 Å². The Kier molecular flexibility index (Phi) is 8.54. The van der Waals surface area contributed by atoms with Gasteiger partial charge in [-0.1, -0.05) is 12.5 Å². The number of halogens is 1. The SMILES string of the molecule is C#CCOc1cc(-c2cnc([C@H](C)Nc3nccc(N4C(=O)OC[C@@H]4[C@H](C)F)n3)cc2C)cc(NC(=O)C=C)n1. The number of rotatable bonds is 10.